The highest BCUT2D eigenvalue weighted by atomic mass is 32.2. The van der Waals surface area contributed by atoms with Crippen LogP contribution in [0, 0.1) is 0 Å². The maximum absolute atomic E-state index is 11.1. The topological polar surface area (TPSA) is 43.4 Å². The van der Waals surface area contributed by atoms with Gasteiger partial charge in [-0.1, -0.05) is 0 Å². The highest BCUT2D eigenvalue weighted by Crippen LogP contribution is 2.17. The van der Waals surface area contributed by atoms with Gasteiger partial charge in [0, 0.05) is 12.2 Å². The number of carbonyl (C=O) groups is 1. The third kappa shape index (κ3) is 1.57. The Morgan fingerprint density at radius 1 is 1.73 bits per heavy atom. The molecule has 2 atom stereocenters. The van der Waals surface area contributed by atoms with Crippen molar-refractivity contribution in [3.63, 3.8) is 0 Å². The van der Waals surface area contributed by atoms with E-state index in [-0.39, 0.29) is 5.12 Å². The van der Waals surface area contributed by atoms with Crippen LogP contribution in [0.5, 0.6) is 0 Å². The van der Waals surface area contributed by atoms with E-state index >= 15 is 0 Å². The Morgan fingerprint density at radius 3 is 2.73 bits per heavy atom. The lowest BCUT2D eigenvalue weighted by Gasteiger charge is -2.03. The summed E-state index contributed by atoms with van der Waals surface area (Å²) in [7, 11) is -1.49. The van der Waals surface area contributed by atoms with Gasteiger partial charge < -0.3 is 4.74 Å². The van der Waals surface area contributed by atoms with Gasteiger partial charge in [0.05, 0.1) is 0 Å². The summed E-state index contributed by atoms with van der Waals surface area (Å²) in [6, 6.07) is 0. The number of hydrogen-bond acceptors (Lipinski definition) is 3. The fraction of sp³-hybridized carbons (Fsp3) is 0.571. The predicted octanol–water partition coefficient (Wildman–Crippen LogP) is 0.584. The lowest BCUT2D eigenvalue weighted by atomic mass is 10.3. The number of ether oxygens (including phenoxy) is 1. The number of hydrogen-bond donors (Lipinski definition) is 0. The molecule has 0 aromatic rings. The Kier molecular flexibility index (Phi) is 2.57. The Morgan fingerprint density at radius 2 is 2.36 bits per heavy atom. The standard InChI is InChI=1S/C7H10O3S/c1-3-10-6-4-5(2)7(8)11(6)9/h4,6H,3H2,1-2H3. The molecule has 0 aliphatic carbocycles. The minimum absolute atomic E-state index is 0.302. The molecular weight excluding hydrogens is 164 g/mol. The van der Waals surface area contributed by atoms with E-state index in [2.05, 4.69) is 0 Å². The van der Waals surface area contributed by atoms with E-state index in [0.717, 1.165) is 0 Å². The summed E-state index contributed by atoms with van der Waals surface area (Å²) >= 11 is 0. The average molecular weight is 174 g/mol. The van der Waals surface area contributed by atoms with Crippen molar-refractivity contribution < 1.29 is 13.7 Å². The van der Waals surface area contributed by atoms with Gasteiger partial charge in [-0.25, -0.2) is 4.21 Å². The largest absolute Gasteiger partial charge is 0.361 e. The van der Waals surface area contributed by atoms with Gasteiger partial charge in [-0.2, -0.15) is 0 Å². The van der Waals surface area contributed by atoms with Crippen molar-refractivity contribution in [2.24, 2.45) is 0 Å². The van der Waals surface area contributed by atoms with E-state index in [1.54, 1.807) is 13.0 Å². The third-order valence-corrected chi connectivity index (χ3v) is 2.81. The van der Waals surface area contributed by atoms with Crippen LogP contribution in [0.1, 0.15) is 13.8 Å². The van der Waals surface area contributed by atoms with Crippen molar-refractivity contribution in [2.75, 3.05) is 6.61 Å². The molecule has 2 unspecified atom stereocenters. The monoisotopic (exact) mass is 174 g/mol. The Balaban J connectivity index is 2.72. The van der Waals surface area contributed by atoms with Crippen molar-refractivity contribution in [1.82, 2.24) is 0 Å². The van der Waals surface area contributed by atoms with Gasteiger partial charge >= 0.3 is 0 Å². The Hall–Kier alpha value is -0.480. The van der Waals surface area contributed by atoms with E-state index in [4.69, 9.17) is 4.74 Å². The molecule has 0 fully saturated rings. The maximum Gasteiger partial charge on any atom is 0.247 e. The predicted molar refractivity (Wildman–Crippen MR) is 42.3 cm³/mol. The molecular formula is C7H10O3S. The molecule has 1 rings (SSSR count). The van der Waals surface area contributed by atoms with Crippen LogP contribution >= 0.6 is 0 Å². The second-order valence-corrected chi connectivity index (χ2v) is 3.69. The third-order valence-electron chi connectivity index (χ3n) is 1.43. The van der Waals surface area contributed by atoms with Crippen LogP contribution in [0.25, 0.3) is 0 Å². The van der Waals surface area contributed by atoms with Crippen molar-refractivity contribution in [2.45, 2.75) is 19.3 Å². The summed E-state index contributed by atoms with van der Waals surface area (Å²) in [6.07, 6.45) is 1.61. The van der Waals surface area contributed by atoms with Gasteiger partial charge in [0.25, 0.3) is 0 Å². The van der Waals surface area contributed by atoms with Gasteiger partial charge in [0.2, 0.25) is 5.12 Å². The minimum Gasteiger partial charge on any atom is -0.361 e. The molecule has 0 bridgehead atoms. The molecule has 62 valence electrons. The molecule has 4 heteroatoms. The summed E-state index contributed by atoms with van der Waals surface area (Å²) in [4.78, 5) is 10.9. The number of carbonyl (C=O) groups excluding carboxylic acids is 1. The molecule has 1 aliphatic heterocycles. The zero-order chi connectivity index (χ0) is 8.43. The first-order valence-electron chi connectivity index (χ1n) is 3.41. The molecule has 0 amide bonds. The molecule has 0 radical (unpaired) electrons. The highest BCUT2D eigenvalue weighted by Gasteiger charge is 2.30. The van der Waals surface area contributed by atoms with E-state index in [0.29, 0.717) is 12.2 Å². The molecule has 1 aliphatic rings. The smallest absolute Gasteiger partial charge is 0.247 e. The summed E-state index contributed by atoms with van der Waals surface area (Å²) in [6.45, 7) is 3.94. The zero-order valence-corrected chi connectivity index (χ0v) is 7.31. The van der Waals surface area contributed by atoms with Crippen molar-refractivity contribution in [3.05, 3.63) is 11.6 Å². The molecule has 11 heavy (non-hydrogen) atoms. The van der Waals surface area contributed by atoms with Gasteiger partial charge in [0.1, 0.15) is 10.8 Å². The number of rotatable bonds is 2. The molecule has 0 saturated carbocycles. The maximum atomic E-state index is 11.1. The average Bonchev–Trinajstić information content (AvgIpc) is 2.19. The SMILES string of the molecule is CCOC1C=C(C)C(=O)S1=O. The summed E-state index contributed by atoms with van der Waals surface area (Å²) in [5.74, 6) is 0. The quantitative estimate of drug-likeness (QED) is 0.615. The first-order valence-corrected chi connectivity index (χ1v) is 4.63. The van der Waals surface area contributed by atoms with Crippen LogP contribution in [0.15, 0.2) is 11.6 Å². The second-order valence-electron chi connectivity index (χ2n) is 2.26. The van der Waals surface area contributed by atoms with Crippen molar-refractivity contribution in [3.8, 4) is 0 Å². The molecule has 0 N–H and O–H groups in total. The second kappa shape index (κ2) is 3.28. The van der Waals surface area contributed by atoms with Crippen LogP contribution in [0.4, 0.5) is 0 Å². The molecule has 0 aromatic carbocycles. The molecule has 3 nitrogen and oxygen atoms in total. The lowest BCUT2D eigenvalue weighted by molar-refractivity contribution is -0.108. The fourth-order valence-electron chi connectivity index (χ4n) is 0.872. The Bertz CT molecular complexity index is 232. The van der Waals surface area contributed by atoms with Gasteiger partial charge in [-0.3, -0.25) is 4.79 Å². The van der Waals surface area contributed by atoms with Crippen LogP contribution in [-0.4, -0.2) is 21.4 Å². The van der Waals surface area contributed by atoms with Gasteiger partial charge in [0.15, 0.2) is 5.44 Å². The minimum atomic E-state index is -1.49. The molecule has 1 heterocycles. The molecule has 0 saturated heterocycles. The summed E-state index contributed by atoms with van der Waals surface area (Å²) in [5, 5.41) is -0.302. The first-order chi connectivity index (χ1) is 5.16. The lowest BCUT2D eigenvalue weighted by Crippen LogP contribution is -2.16. The van der Waals surface area contributed by atoms with Gasteiger partial charge in [-0.05, 0) is 19.9 Å². The highest BCUT2D eigenvalue weighted by molar-refractivity contribution is 8.01. The zero-order valence-electron chi connectivity index (χ0n) is 6.49. The summed E-state index contributed by atoms with van der Waals surface area (Å²) < 4.78 is 16.1. The Labute approximate surface area is 67.9 Å². The van der Waals surface area contributed by atoms with Crippen LogP contribution in [0.3, 0.4) is 0 Å². The van der Waals surface area contributed by atoms with E-state index < -0.39 is 16.2 Å². The summed E-state index contributed by atoms with van der Waals surface area (Å²) in [5.41, 5.74) is 0.0364. The van der Waals surface area contributed by atoms with Crippen molar-refractivity contribution >= 4 is 15.9 Å². The van der Waals surface area contributed by atoms with E-state index in [1.165, 1.54) is 0 Å². The fourth-order valence-corrected chi connectivity index (χ4v) is 2.06. The molecule has 0 spiro atoms. The van der Waals surface area contributed by atoms with Crippen LogP contribution in [0.2, 0.25) is 0 Å². The van der Waals surface area contributed by atoms with E-state index in [1.807, 2.05) is 6.92 Å². The normalized spacial score (nSPS) is 30.7. The van der Waals surface area contributed by atoms with Gasteiger partial charge in [-0.15, -0.1) is 0 Å². The van der Waals surface area contributed by atoms with Crippen molar-refractivity contribution in [1.29, 1.82) is 0 Å². The molecule has 0 aromatic heterocycles. The van der Waals surface area contributed by atoms with Crippen LogP contribution in [-0.2, 0) is 20.3 Å². The van der Waals surface area contributed by atoms with E-state index in [9.17, 15) is 9.00 Å². The van der Waals surface area contributed by atoms with Crippen LogP contribution < -0.4 is 0 Å². The first kappa shape index (κ1) is 8.62.